The standard InChI is InChI=1S/C28H36Si2/c1-21-25-9-11-27-19-24(14-16-30(6,7)8)20-28(22(27)2)12-10-26(21)18-23(17-25)13-15-29(3,4)5/h17-20H,9-12H2,1-8H3. The number of aryl methyl sites for hydroxylation is 4. The molecule has 1 aliphatic carbocycles. The Hall–Kier alpha value is -2.01. The van der Waals surface area contributed by atoms with Crippen molar-refractivity contribution in [1.29, 1.82) is 0 Å². The van der Waals surface area contributed by atoms with E-state index in [2.05, 4.69) is 100 Å². The Morgan fingerprint density at radius 1 is 0.533 bits per heavy atom. The first-order chi connectivity index (χ1) is 13.9. The van der Waals surface area contributed by atoms with Crippen LogP contribution in [0.4, 0.5) is 0 Å². The predicted octanol–water partition coefficient (Wildman–Crippen LogP) is 6.65. The van der Waals surface area contributed by atoms with Crippen LogP contribution in [-0.2, 0) is 25.7 Å². The van der Waals surface area contributed by atoms with Crippen molar-refractivity contribution < 1.29 is 0 Å². The molecule has 2 aromatic carbocycles. The van der Waals surface area contributed by atoms with Crippen LogP contribution in [0, 0.1) is 36.8 Å². The first-order valence-electron chi connectivity index (χ1n) is 11.2. The lowest BCUT2D eigenvalue weighted by Gasteiger charge is -2.19. The lowest BCUT2D eigenvalue weighted by Crippen LogP contribution is -2.16. The van der Waals surface area contributed by atoms with Crippen LogP contribution < -0.4 is 0 Å². The maximum atomic E-state index is 3.55. The molecule has 0 saturated carbocycles. The van der Waals surface area contributed by atoms with E-state index in [0.717, 1.165) is 25.7 Å². The predicted molar refractivity (Wildman–Crippen MR) is 138 cm³/mol. The Morgan fingerprint density at radius 2 is 0.800 bits per heavy atom. The summed E-state index contributed by atoms with van der Waals surface area (Å²) >= 11 is 0. The van der Waals surface area contributed by atoms with Crippen molar-refractivity contribution in [2.24, 2.45) is 0 Å². The molecular formula is C28H36Si2. The summed E-state index contributed by atoms with van der Waals surface area (Å²) in [5.41, 5.74) is 18.3. The number of benzene rings is 2. The van der Waals surface area contributed by atoms with Gasteiger partial charge >= 0.3 is 0 Å². The number of hydrogen-bond donors (Lipinski definition) is 0. The van der Waals surface area contributed by atoms with Crippen LogP contribution in [0.25, 0.3) is 0 Å². The molecule has 0 heterocycles. The van der Waals surface area contributed by atoms with E-state index in [1.54, 1.807) is 0 Å². The van der Waals surface area contributed by atoms with E-state index in [4.69, 9.17) is 0 Å². The largest absolute Gasteiger partial charge is 0.129 e. The number of rotatable bonds is 0. The Kier molecular flexibility index (Phi) is 6.52. The molecule has 0 N–H and O–H groups in total. The quantitative estimate of drug-likeness (QED) is 0.326. The minimum atomic E-state index is -1.37. The lowest BCUT2D eigenvalue weighted by atomic mass is 9.86. The van der Waals surface area contributed by atoms with Crippen LogP contribution in [-0.4, -0.2) is 16.1 Å². The highest BCUT2D eigenvalue weighted by molar-refractivity contribution is 6.84. The van der Waals surface area contributed by atoms with Gasteiger partial charge in [-0.15, -0.1) is 11.1 Å². The molecule has 4 bridgehead atoms. The lowest BCUT2D eigenvalue weighted by molar-refractivity contribution is 0.873. The second kappa shape index (κ2) is 8.62. The highest BCUT2D eigenvalue weighted by atomic mass is 28.3. The van der Waals surface area contributed by atoms with E-state index >= 15 is 0 Å². The van der Waals surface area contributed by atoms with Gasteiger partial charge in [-0.25, -0.2) is 0 Å². The topological polar surface area (TPSA) is 0 Å². The molecule has 0 spiro atoms. The van der Waals surface area contributed by atoms with Gasteiger partial charge in [0.1, 0.15) is 16.1 Å². The van der Waals surface area contributed by atoms with Crippen LogP contribution >= 0.6 is 0 Å². The highest BCUT2D eigenvalue weighted by Gasteiger charge is 2.15. The zero-order chi connectivity index (χ0) is 22.1. The zero-order valence-corrected chi connectivity index (χ0v) is 22.1. The average molecular weight is 429 g/mol. The molecule has 0 saturated heterocycles. The SMILES string of the molecule is Cc1c2cc(C#C[Si](C)(C)C)cc1CCc1cc(C#C[Si](C)(C)C)cc(c1C)CC2. The Bertz CT molecular complexity index is 944. The van der Waals surface area contributed by atoms with E-state index in [0.29, 0.717) is 0 Å². The van der Waals surface area contributed by atoms with Gasteiger partial charge in [-0.1, -0.05) is 51.1 Å². The van der Waals surface area contributed by atoms with Gasteiger partial charge in [0.25, 0.3) is 0 Å². The maximum Gasteiger partial charge on any atom is 0.129 e. The normalized spacial score (nSPS) is 13.6. The summed E-state index contributed by atoms with van der Waals surface area (Å²) in [6, 6.07) is 9.38. The summed E-state index contributed by atoms with van der Waals surface area (Å²) in [4.78, 5) is 0. The molecule has 0 aliphatic heterocycles. The Labute approximate surface area is 186 Å². The van der Waals surface area contributed by atoms with Gasteiger partial charge in [0, 0.05) is 11.1 Å². The average Bonchev–Trinajstić information content (AvgIpc) is 2.63. The summed E-state index contributed by atoms with van der Waals surface area (Å²) in [5.74, 6) is 7.00. The van der Waals surface area contributed by atoms with Crippen molar-refractivity contribution in [3.63, 3.8) is 0 Å². The van der Waals surface area contributed by atoms with Crippen molar-refractivity contribution in [2.45, 2.75) is 78.8 Å². The first-order valence-corrected chi connectivity index (χ1v) is 18.2. The molecule has 0 radical (unpaired) electrons. The molecule has 2 heteroatoms. The summed E-state index contributed by atoms with van der Waals surface area (Å²) in [7, 11) is -2.75. The van der Waals surface area contributed by atoms with Gasteiger partial charge in [0.2, 0.25) is 0 Å². The van der Waals surface area contributed by atoms with Crippen LogP contribution in [0.15, 0.2) is 24.3 Å². The van der Waals surface area contributed by atoms with E-state index in [1.807, 2.05) is 0 Å². The summed E-state index contributed by atoms with van der Waals surface area (Å²) < 4.78 is 0. The molecular weight excluding hydrogens is 392 g/mol. The first kappa shape index (κ1) is 22.7. The molecule has 2 aromatic rings. The van der Waals surface area contributed by atoms with Crippen LogP contribution in [0.5, 0.6) is 0 Å². The van der Waals surface area contributed by atoms with E-state index < -0.39 is 16.1 Å². The fourth-order valence-electron chi connectivity index (χ4n) is 3.92. The minimum absolute atomic E-state index is 1.08. The molecule has 0 nitrogen and oxygen atoms in total. The maximum absolute atomic E-state index is 3.55. The molecule has 3 rings (SSSR count). The van der Waals surface area contributed by atoms with Crippen molar-refractivity contribution in [3.05, 3.63) is 68.8 Å². The van der Waals surface area contributed by atoms with Crippen LogP contribution in [0.2, 0.25) is 39.3 Å². The summed E-state index contributed by atoms with van der Waals surface area (Å²) in [6.07, 6.45) is 4.30. The van der Waals surface area contributed by atoms with Gasteiger partial charge in [0.15, 0.2) is 0 Å². The fourth-order valence-corrected chi connectivity index (χ4v) is 4.96. The van der Waals surface area contributed by atoms with Crippen molar-refractivity contribution in [1.82, 2.24) is 0 Å². The summed E-state index contributed by atoms with van der Waals surface area (Å²) in [5, 5.41) is 0. The number of hydrogen-bond acceptors (Lipinski definition) is 0. The van der Waals surface area contributed by atoms with E-state index in [9.17, 15) is 0 Å². The molecule has 0 atom stereocenters. The third-order valence-electron chi connectivity index (χ3n) is 5.74. The molecule has 0 amide bonds. The van der Waals surface area contributed by atoms with Gasteiger partial charge in [-0.3, -0.25) is 0 Å². The van der Waals surface area contributed by atoms with Crippen molar-refractivity contribution >= 4 is 16.1 Å². The van der Waals surface area contributed by atoms with Crippen molar-refractivity contribution in [2.75, 3.05) is 0 Å². The second-order valence-electron chi connectivity index (χ2n) is 10.8. The monoisotopic (exact) mass is 428 g/mol. The minimum Gasteiger partial charge on any atom is -0.127 e. The third-order valence-corrected chi connectivity index (χ3v) is 7.49. The summed E-state index contributed by atoms with van der Waals surface area (Å²) in [6.45, 7) is 18.5. The van der Waals surface area contributed by atoms with Crippen LogP contribution in [0.1, 0.15) is 44.5 Å². The Morgan fingerprint density at radius 3 is 1.03 bits per heavy atom. The van der Waals surface area contributed by atoms with Gasteiger partial charge in [-0.2, -0.15) is 0 Å². The van der Waals surface area contributed by atoms with E-state index in [1.165, 1.54) is 44.5 Å². The Balaban J connectivity index is 2.02. The van der Waals surface area contributed by atoms with Gasteiger partial charge in [-0.05, 0) is 97.2 Å². The zero-order valence-electron chi connectivity index (χ0n) is 20.1. The van der Waals surface area contributed by atoms with Crippen molar-refractivity contribution in [3.8, 4) is 22.9 Å². The number of fused-ring (bicyclic) bond motifs is 4. The van der Waals surface area contributed by atoms with Gasteiger partial charge in [0.05, 0.1) is 0 Å². The highest BCUT2D eigenvalue weighted by Crippen LogP contribution is 2.26. The second-order valence-corrected chi connectivity index (χ2v) is 20.3. The molecule has 30 heavy (non-hydrogen) atoms. The molecule has 0 aromatic heterocycles. The molecule has 0 unspecified atom stereocenters. The van der Waals surface area contributed by atoms with E-state index in [-0.39, 0.29) is 0 Å². The third kappa shape index (κ3) is 6.01. The molecule has 1 aliphatic rings. The smallest absolute Gasteiger partial charge is 0.127 e. The fraction of sp³-hybridized carbons (Fsp3) is 0.429. The molecule has 156 valence electrons. The van der Waals surface area contributed by atoms with Gasteiger partial charge < -0.3 is 0 Å². The molecule has 0 fully saturated rings. The van der Waals surface area contributed by atoms with Crippen LogP contribution in [0.3, 0.4) is 0 Å².